The number of nitrogens with zero attached hydrogens (tertiary/aromatic N) is 3. The molecule has 0 aliphatic heterocycles. The van der Waals surface area contributed by atoms with Crippen molar-refractivity contribution in [3.63, 3.8) is 0 Å². The largest absolute Gasteiger partial charge is 0.295 e. The lowest BCUT2D eigenvalue weighted by Gasteiger charge is -1.97. The van der Waals surface area contributed by atoms with Crippen molar-refractivity contribution in [3.05, 3.63) is 45.4 Å². The molecule has 1 aromatic carbocycles. The number of halogens is 1. The van der Waals surface area contributed by atoms with E-state index in [0.29, 0.717) is 15.8 Å². The van der Waals surface area contributed by atoms with Crippen LogP contribution in [0, 0.1) is 0 Å². The maximum atomic E-state index is 12.3. The molecule has 1 amide bonds. The van der Waals surface area contributed by atoms with Crippen molar-refractivity contribution in [1.29, 1.82) is 0 Å². The van der Waals surface area contributed by atoms with Crippen LogP contribution < -0.4 is 5.32 Å². The lowest BCUT2D eigenvalue weighted by Crippen LogP contribution is -2.12. The highest BCUT2D eigenvalue weighted by Gasteiger charge is 2.14. The van der Waals surface area contributed by atoms with E-state index in [0.717, 1.165) is 34.8 Å². The fourth-order valence-corrected chi connectivity index (χ4v) is 3.71. The molecule has 0 radical (unpaired) electrons. The minimum Gasteiger partial charge on any atom is -0.295 e. The van der Waals surface area contributed by atoms with Crippen LogP contribution in [-0.2, 0) is 6.42 Å². The zero-order valence-corrected chi connectivity index (χ0v) is 15.3. The van der Waals surface area contributed by atoms with Crippen LogP contribution in [0.2, 0.25) is 5.02 Å². The summed E-state index contributed by atoms with van der Waals surface area (Å²) in [6.07, 6.45) is 3.06. The van der Waals surface area contributed by atoms with Gasteiger partial charge >= 0.3 is 0 Å². The second kappa shape index (κ2) is 7.83. The Bertz CT molecular complexity index is 829. The van der Waals surface area contributed by atoms with Gasteiger partial charge in [-0.2, -0.15) is 0 Å². The van der Waals surface area contributed by atoms with Crippen LogP contribution in [0.5, 0.6) is 0 Å². The first kappa shape index (κ1) is 17.0. The number of amides is 1. The lowest BCUT2D eigenvalue weighted by atomic mass is 10.2. The minimum atomic E-state index is -0.273. The summed E-state index contributed by atoms with van der Waals surface area (Å²) in [5.74, 6) is -0.273. The van der Waals surface area contributed by atoms with Gasteiger partial charge < -0.3 is 0 Å². The molecule has 124 valence electrons. The van der Waals surface area contributed by atoms with Crippen LogP contribution in [0.4, 0.5) is 5.13 Å². The highest BCUT2D eigenvalue weighted by Crippen LogP contribution is 2.26. The number of thiazole rings is 1. The molecule has 0 fully saturated rings. The maximum Gasteiger partial charge on any atom is 0.276 e. The number of rotatable bonds is 6. The van der Waals surface area contributed by atoms with E-state index in [1.807, 2.05) is 12.1 Å². The van der Waals surface area contributed by atoms with Gasteiger partial charge in [-0.15, -0.1) is 21.5 Å². The number of carbonyl (C=O) groups is 1. The zero-order chi connectivity index (χ0) is 16.9. The Kier molecular flexibility index (Phi) is 5.55. The number of unbranched alkanes of at least 4 members (excludes halogenated alkanes) is 1. The molecule has 0 aliphatic rings. The summed E-state index contributed by atoms with van der Waals surface area (Å²) in [4.78, 5) is 16.7. The fourth-order valence-electron chi connectivity index (χ4n) is 2.00. The molecule has 1 N–H and O–H groups in total. The van der Waals surface area contributed by atoms with Crippen molar-refractivity contribution in [2.75, 3.05) is 5.32 Å². The first-order valence-corrected chi connectivity index (χ1v) is 9.58. The number of benzene rings is 1. The van der Waals surface area contributed by atoms with Gasteiger partial charge in [0.1, 0.15) is 15.7 Å². The summed E-state index contributed by atoms with van der Waals surface area (Å²) in [6.45, 7) is 2.13. The molecule has 2 aromatic heterocycles. The van der Waals surface area contributed by atoms with E-state index >= 15 is 0 Å². The SMILES string of the molecule is CCCCc1nnc(NC(=O)c2csc(-c3ccc(Cl)cc3)n2)s1. The van der Waals surface area contributed by atoms with E-state index in [2.05, 4.69) is 27.4 Å². The van der Waals surface area contributed by atoms with Crippen molar-refractivity contribution in [2.24, 2.45) is 0 Å². The smallest absolute Gasteiger partial charge is 0.276 e. The molecule has 8 heteroatoms. The van der Waals surface area contributed by atoms with E-state index in [9.17, 15) is 4.79 Å². The van der Waals surface area contributed by atoms with E-state index in [4.69, 9.17) is 11.6 Å². The zero-order valence-electron chi connectivity index (χ0n) is 13.0. The van der Waals surface area contributed by atoms with Crippen LogP contribution in [0.3, 0.4) is 0 Å². The Balaban J connectivity index is 1.67. The van der Waals surface area contributed by atoms with Crippen LogP contribution in [0.1, 0.15) is 35.3 Å². The first-order valence-electron chi connectivity index (χ1n) is 7.51. The van der Waals surface area contributed by atoms with Gasteiger partial charge in [0.15, 0.2) is 0 Å². The number of hydrogen-bond acceptors (Lipinski definition) is 6. The Labute approximate surface area is 152 Å². The molecular weight excluding hydrogens is 364 g/mol. The highest BCUT2D eigenvalue weighted by molar-refractivity contribution is 7.15. The number of aromatic nitrogens is 3. The molecule has 0 saturated carbocycles. The molecule has 0 unspecified atom stereocenters. The van der Waals surface area contributed by atoms with Gasteiger partial charge in [-0.1, -0.05) is 48.4 Å². The summed E-state index contributed by atoms with van der Waals surface area (Å²) in [6, 6.07) is 7.37. The topological polar surface area (TPSA) is 67.8 Å². The molecule has 3 rings (SSSR count). The Morgan fingerprint density at radius 2 is 2.04 bits per heavy atom. The average molecular weight is 379 g/mol. The van der Waals surface area contributed by atoms with Crippen LogP contribution in [-0.4, -0.2) is 21.1 Å². The molecule has 5 nitrogen and oxygen atoms in total. The van der Waals surface area contributed by atoms with Gasteiger partial charge in [0.2, 0.25) is 5.13 Å². The maximum absolute atomic E-state index is 12.3. The first-order chi connectivity index (χ1) is 11.7. The molecule has 0 bridgehead atoms. The summed E-state index contributed by atoms with van der Waals surface area (Å²) in [5.41, 5.74) is 1.30. The van der Waals surface area contributed by atoms with Crippen molar-refractivity contribution >= 4 is 45.3 Å². The van der Waals surface area contributed by atoms with Crippen molar-refractivity contribution < 1.29 is 4.79 Å². The van der Waals surface area contributed by atoms with Gasteiger partial charge in [-0.3, -0.25) is 10.1 Å². The third-order valence-corrected chi connectivity index (χ3v) is 5.30. The average Bonchev–Trinajstić information content (AvgIpc) is 3.23. The summed E-state index contributed by atoms with van der Waals surface area (Å²) < 4.78 is 0. The van der Waals surface area contributed by atoms with Crippen LogP contribution in [0.25, 0.3) is 10.6 Å². The fraction of sp³-hybridized carbons (Fsp3) is 0.250. The van der Waals surface area contributed by atoms with Gasteiger partial charge in [-0.25, -0.2) is 4.98 Å². The number of aryl methyl sites for hydroxylation is 1. The summed E-state index contributed by atoms with van der Waals surface area (Å²) >= 11 is 8.71. The van der Waals surface area contributed by atoms with Crippen molar-refractivity contribution in [3.8, 4) is 10.6 Å². The minimum absolute atomic E-state index is 0.273. The van der Waals surface area contributed by atoms with E-state index in [1.54, 1.807) is 17.5 Å². The van der Waals surface area contributed by atoms with Gasteiger partial charge in [0.25, 0.3) is 5.91 Å². The molecule has 3 aromatic rings. The van der Waals surface area contributed by atoms with Crippen molar-refractivity contribution in [2.45, 2.75) is 26.2 Å². The molecule has 0 aliphatic carbocycles. The van der Waals surface area contributed by atoms with Gasteiger partial charge in [-0.05, 0) is 18.6 Å². The third kappa shape index (κ3) is 4.17. The predicted octanol–water partition coefficient (Wildman–Crippen LogP) is 4.91. The van der Waals surface area contributed by atoms with E-state index in [1.165, 1.54) is 22.7 Å². The second-order valence-corrected chi connectivity index (χ2v) is 7.46. The van der Waals surface area contributed by atoms with Crippen LogP contribution in [0.15, 0.2) is 29.6 Å². The number of carbonyl (C=O) groups excluding carboxylic acids is 1. The summed E-state index contributed by atoms with van der Waals surface area (Å²) in [5, 5.41) is 15.5. The van der Waals surface area contributed by atoms with E-state index < -0.39 is 0 Å². The third-order valence-electron chi connectivity index (χ3n) is 3.26. The normalized spacial score (nSPS) is 10.8. The predicted molar refractivity (Wildman–Crippen MR) is 99.0 cm³/mol. The number of nitrogens with one attached hydrogen (secondary N) is 1. The Morgan fingerprint density at radius 1 is 1.25 bits per heavy atom. The summed E-state index contributed by atoms with van der Waals surface area (Å²) in [7, 11) is 0. The molecule has 0 atom stereocenters. The quantitative estimate of drug-likeness (QED) is 0.661. The van der Waals surface area contributed by atoms with Crippen LogP contribution >= 0.6 is 34.3 Å². The molecule has 24 heavy (non-hydrogen) atoms. The monoisotopic (exact) mass is 378 g/mol. The molecule has 2 heterocycles. The van der Waals surface area contributed by atoms with E-state index in [-0.39, 0.29) is 5.91 Å². The molecule has 0 spiro atoms. The second-order valence-electron chi connectivity index (χ2n) is 5.10. The standard InChI is InChI=1S/C16H15ClN4OS2/c1-2-3-4-13-20-21-16(24-13)19-14(22)12-9-23-15(18-12)10-5-7-11(17)8-6-10/h5-9H,2-4H2,1H3,(H,19,21,22). The molecule has 0 saturated heterocycles. The molecular formula is C16H15ClN4OS2. The highest BCUT2D eigenvalue weighted by atomic mass is 35.5. The Hall–Kier alpha value is -1.83. The van der Waals surface area contributed by atoms with Crippen molar-refractivity contribution in [1.82, 2.24) is 15.2 Å². The number of hydrogen-bond donors (Lipinski definition) is 1. The number of anilines is 1. The Morgan fingerprint density at radius 3 is 2.79 bits per heavy atom. The van der Waals surface area contributed by atoms with Gasteiger partial charge in [0.05, 0.1) is 0 Å². The van der Waals surface area contributed by atoms with Gasteiger partial charge in [0, 0.05) is 22.4 Å². The lowest BCUT2D eigenvalue weighted by molar-refractivity contribution is 0.102.